The van der Waals surface area contributed by atoms with Gasteiger partial charge in [-0.15, -0.1) is 0 Å². The molecule has 0 fully saturated rings. The fourth-order valence-corrected chi connectivity index (χ4v) is 4.85. The normalized spacial score (nSPS) is 18.3. The molecule has 2 aromatic carbocycles. The van der Waals surface area contributed by atoms with E-state index < -0.39 is 5.56 Å². The Balaban J connectivity index is 1.68. The third-order valence-electron chi connectivity index (χ3n) is 5.23. The minimum absolute atomic E-state index is 0.0883. The second kappa shape index (κ2) is 8.12. The molecule has 0 saturated heterocycles. The molecule has 2 aliphatic heterocycles. The lowest BCUT2D eigenvalue weighted by molar-refractivity contribution is 0.431. The molecule has 6 nitrogen and oxygen atoms in total. The maximum Gasteiger partial charge on any atom is 0.262 e. The van der Waals surface area contributed by atoms with Crippen LogP contribution in [0.1, 0.15) is 16.7 Å². The highest BCUT2D eigenvalue weighted by Gasteiger charge is 2.33. The Kier molecular flexibility index (Phi) is 5.28. The third-order valence-corrected chi connectivity index (χ3v) is 6.62. The molecule has 9 heteroatoms. The summed E-state index contributed by atoms with van der Waals surface area (Å²) in [4.78, 5) is 22.3. The molecule has 0 bridgehead atoms. The highest BCUT2D eigenvalue weighted by Crippen LogP contribution is 2.38. The molecule has 0 aliphatic carbocycles. The van der Waals surface area contributed by atoms with E-state index >= 15 is 0 Å². The van der Waals surface area contributed by atoms with Crippen LogP contribution in [0, 0.1) is 11.7 Å². The van der Waals surface area contributed by atoms with Crippen molar-refractivity contribution < 1.29 is 5.11 Å². The number of hydrogen-bond donors (Lipinski definition) is 2. The molecule has 0 saturated carbocycles. The molecule has 2 aliphatic rings. The van der Waals surface area contributed by atoms with Gasteiger partial charge in [-0.2, -0.15) is 0 Å². The molecule has 3 heterocycles. The van der Waals surface area contributed by atoms with Crippen molar-refractivity contribution in [2.75, 3.05) is 0 Å². The number of aromatic hydroxyl groups is 1. The van der Waals surface area contributed by atoms with Crippen LogP contribution in [0.3, 0.4) is 0 Å². The van der Waals surface area contributed by atoms with Crippen molar-refractivity contribution in [1.29, 1.82) is 0 Å². The monoisotopic (exact) mass is 480 g/mol. The van der Waals surface area contributed by atoms with Crippen LogP contribution in [-0.4, -0.2) is 30.8 Å². The summed E-state index contributed by atoms with van der Waals surface area (Å²) in [5.41, 5.74) is 3.62. The Hall–Kier alpha value is -3.07. The van der Waals surface area contributed by atoms with Gasteiger partial charge in [0, 0.05) is 16.8 Å². The molecule has 1 atom stereocenters. The number of benzene rings is 2. The van der Waals surface area contributed by atoms with Crippen molar-refractivity contribution >= 4 is 47.4 Å². The van der Waals surface area contributed by atoms with Gasteiger partial charge in [0.2, 0.25) is 5.88 Å². The Morgan fingerprint density at radius 1 is 1.19 bits per heavy atom. The van der Waals surface area contributed by atoms with Crippen molar-refractivity contribution in [3.05, 3.63) is 103 Å². The van der Waals surface area contributed by atoms with Crippen LogP contribution in [0.2, 0.25) is 5.02 Å². The van der Waals surface area contributed by atoms with Crippen molar-refractivity contribution in [2.24, 2.45) is 4.99 Å². The lowest BCUT2D eigenvalue weighted by atomic mass is 10.0. The van der Waals surface area contributed by atoms with E-state index in [0.717, 1.165) is 22.5 Å². The van der Waals surface area contributed by atoms with Gasteiger partial charge in [0.05, 0.1) is 17.1 Å². The first-order chi connectivity index (χ1) is 15.4. The van der Waals surface area contributed by atoms with Gasteiger partial charge in [-0.3, -0.25) is 14.3 Å². The van der Waals surface area contributed by atoms with E-state index in [0.29, 0.717) is 10.7 Å². The summed E-state index contributed by atoms with van der Waals surface area (Å²) in [6, 6.07) is 14.9. The summed E-state index contributed by atoms with van der Waals surface area (Å²) < 4.78 is 1.49. The second-order valence-corrected chi connectivity index (χ2v) is 9.13. The fraction of sp³-hybridized carbons (Fsp3) is 0.0870. The van der Waals surface area contributed by atoms with Crippen LogP contribution in [0.4, 0.5) is 0 Å². The molecule has 160 valence electrons. The topological polar surface area (TPSA) is 73.6 Å². The van der Waals surface area contributed by atoms with E-state index in [1.54, 1.807) is 42.1 Å². The van der Waals surface area contributed by atoms with E-state index in [2.05, 4.69) is 4.98 Å². The molecule has 0 spiro atoms. The van der Waals surface area contributed by atoms with Gasteiger partial charge in [-0.1, -0.05) is 53.2 Å². The molecule has 2 N–H and O–H groups in total. The fourth-order valence-electron chi connectivity index (χ4n) is 3.61. The van der Waals surface area contributed by atoms with Gasteiger partial charge in [0.1, 0.15) is 5.56 Å². The summed E-state index contributed by atoms with van der Waals surface area (Å²) in [7, 11) is 0. The molecule has 5 rings (SSSR count). The van der Waals surface area contributed by atoms with Gasteiger partial charge in [0.15, 0.2) is 10.3 Å². The highest BCUT2D eigenvalue weighted by atomic mass is 35.5. The third kappa shape index (κ3) is 3.60. The zero-order valence-electron chi connectivity index (χ0n) is 16.8. The number of halogens is 1. The van der Waals surface area contributed by atoms with E-state index in [1.165, 1.54) is 4.57 Å². The number of H-pyrrole nitrogens is 1. The highest BCUT2D eigenvalue weighted by molar-refractivity contribution is 8.02. The number of aromatic amines is 1. The number of thioether (sulfide) groups is 1. The molecule has 32 heavy (non-hydrogen) atoms. The van der Waals surface area contributed by atoms with Crippen LogP contribution in [0.5, 0.6) is 5.88 Å². The Bertz CT molecular complexity index is 1420. The average Bonchev–Trinajstić information content (AvgIpc) is 3.35. The number of allylic oxidation sites excluding steroid dienone is 1. The SMILES string of the molecule is Cc1ccc(C2=NC3SC=CN3C2=Cc2c(O)n(-c3ccc(Cl)cc3)c(=S)[nH]c2=O)cc1. The number of hydrogen-bond acceptors (Lipinski definition) is 6. The number of aryl methyl sites for hydroxylation is 1. The van der Waals surface area contributed by atoms with Crippen molar-refractivity contribution in [3.8, 4) is 11.6 Å². The second-order valence-electron chi connectivity index (χ2n) is 7.34. The molecule has 1 aromatic heterocycles. The van der Waals surface area contributed by atoms with Crippen LogP contribution < -0.4 is 5.56 Å². The first-order valence-electron chi connectivity index (χ1n) is 9.74. The van der Waals surface area contributed by atoms with Crippen LogP contribution in [0.25, 0.3) is 11.8 Å². The average molecular weight is 481 g/mol. The zero-order chi connectivity index (χ0) is 22.4. The summed E-state index contributed by atoms with van der Waals surface area (Å²) in [6.07, 6.45) is 3.58. The van der Waals surface area contributed by atoms with Crippen LogP contribution >= 0.6 is 35.6 Å². The quantitative estimate of drug-likeness (QED) is 0.503. The number of nitrogens with zero attached hydrogens (tertiary/aromatic N) is 3. The molecule has 0 amide bonds. The van der Waals surface area contributed by atoms with Crippen molar-refractivity contribution in [3.63, 3.8) is 0 Å². The Morgan fingerprint density at radius 2 is 1.91 bits per heavy atom. The van der Waals surface area contributed by atoms with Crippen LogP contribution in [0.15, 0.2) is 75.6 Å². The number of rotatable bonds is 3. The predicted molar refractivity (Wildman–Crippen MR) is 132 cm³/mol. The van der Waals surface area contributed by atoms with E-state index in [4.69, 9.17) is 28.8 Å². The summed E-state index contributed by atoms with van der Waals surface area (Å²) >= 11 is 12.9. The summed E-state index contributed by atoms with van der Waals surface area (Å²) in [6.45, 7) is 2.03. The number of nitrogens with one attached hydrogen (secondary N) is 1. The molecular formula is C23H17ClN4O2S2. The van der Waals surface area contributed by atoms with Crippen molar-refractivity contribution in [1.82, 2.24) is 14.5 Å². The maximum absolute atomic E-state index is 12.8. The van der Waals surface area contributed by atoms with E-state index in [-0.39, 0.29) is 21.7 Å². The molecular weight excluding hydrogens is 464 g/mol. The standard InChI is InChI=1S/C23H17ClN4O2S2/c1-13-2-4-14(5-3-13)19-18(27-10-11-32-23(27)25-19)12-17-20(29)26-22(31)28(21(17)30)16-8-6-15(24)7-9-16/h2-12,23,30H,1H3,(H,26,29,31). The van der Waals surface area contributed by atoms with E-state index in [1.807, 2.05) is 47.7 Å². The van der Waals surface area contributed by atoms with Crippen molar-refractivity contribution in [2.45, 2.75) is 12.4 Å². The van der Waals surface area contributed by atoms with Gasteiger partial charge in [0.25, 0.3) is 5.56 Å². The van der Waals surface area contributed by atoms with Gasteiger partial charge in [-0.25, -0.2) is 4.99 Å². The summed E-state index contributed by atoms with van der Waals surface area (Å²) in [5.74, 6) is -0.254. The van der Waals surface area contributed by atoms with Gasteiger partial charge in [-0.05, 0) is 54.9 Å². The predicted octanol–water partition coefficient (Wildman–Crippen LogP) is 5.21. The molecule has 3 aromatic rings. The van der Waals surface area contributed by atoms with E-state index in [9.17, 15) is 9.90 Å². The molecule has 0 radical (unpaired) electrons. The number of fused-ring (bicyclic) bond motifs is 1. The first-order valence-corrected chi connectivity index (χ1v) is 11.5. The summed E-state index contributed by atoms with van der Waals surface area (Å²) in [5, 5.41) is 13.6. The minimum Gasteiger partial charge on any atom is -0.494 e. The molecule has 1 unspecified atom stereocenters. The van der Waals surface area contributed by atoms with Crippen LogP contribution in [-0.2, 0) is 0 Å². The zero-order valence-corrected chi connectivity index (χ0v) is 19.2. The lowest BCUT2D eigenvalue weighted by Gasteiger charge is -2.17. The lowest BCUT2D eigenvalue weighted by Crippen LogP contribution is -2.21. The Labute approximate surface area is 198 Å². The number of aromatic nitrogens is 2. The Morgan fingerprint density at radius 3 is 2.62 bits per heavy atom. The smallest absolute Gasteiger partial charge is 0.262 e. The minimum atomic E-state index is -0.479. The first kappa shape index (κ1) is 20.8. The largest absolute Gasteiger partial charge is 0.494 e. The van der Waals surface area contributed by atoms with Gasteiger partial charge >= 0.3 is 0 Å². The maximum atomic E-state index is 12.8. The number of aliphatic imine (C=N–C) groups is 1. The van der Waals surface area contributed by atoms with Gasteiger partial charge < -0.3 is 10.0 Å².